The molecule has 0 spiro atoms. The van der Waals surface area contributed by atoms with Gasteiger partial charge in [0, 0.05) is 62.5 Å². The highest BCUT2D eigenvalue weighted by Gasteiger charge is 2.38. The molecule has 2 aromatic heterocycles. The van der Waals surface area contributed by atoms with E-state index in [1.807, 2.05) is 29.3 Å². The molecule has 168 valence electrons. The van der Waals surface area contributed by atoms with Crippen molar-refractivity contribution in [2.45, 2.75) is 25.5 Å². The van der Waals surface area contributed by atoms with E-state index < -0.39 is 11.9 Å². The second-order valence-corrected chi connectivity index (χ2v) is 7.64. The molecule has 4 rings (SSSR count). The van der Waals surface area contributed by atoms with Crippen LogP contribution in [0.15, 0.2) is 41.3 Å². The minimum Gasteiger partial charge on any atom is -0.473 e. The van der Waals surface area contributed by atoms with Crippen molar-refractivity contribution in [3.8, 4) is 0 Å². The highest BCUT2D eigenvalue weighted by atomic mass is 16.5. The number of likely N-dealkylation sites (tertiary alicyclic amines) is 1. The van der Waals surface area contributed by atoms with Gasteiger partial charge < -0.3 is 29.3 Å². The third-order valence-electron chi connectivity index (χ3n) is 5.41. The first-order valence-electron chi connectivity index (χ1n) is 10.1. The lowest BCUT2D eigenvalue weighted by molar-refractivity contribution is -0.159. The van der Waals surface area contributed by atoms with Crippen molar-refractivity contribution in [2.75, 3.05) is 32.8 Å². The second-order valence-electron chi connectivity index (χ2n) is 7.64. The molecular formula is C21H27N3O7. The van der Waals surface area contributed by atoms with Gasteiger partial charge in [0.05, 0.1) is 25.2 Å². The van der Waals surface area contributed by atoms with Gasteiger partial charge in [-0.25, -0.2) is 9.59 Å². The number of rotatable bonds is 5. The zero-order chi connectivity index (χ0) is 22.2. The van der Waals surface area contributed by atoms with Crippen LogP contribution in [0.5, 0.6) is 0 Å². The molecule has 2 atom stereocenters. The Morgan fingerprint density at radius 1 is 1.13 bits per heavy atom. The summed E-state index contributed by atoms with van der Waals surface area (Å²) in [7, 11) is 0. The van der Waals surface area contributed by atoms with Crippen LogP contribution >= 0.6 is 0 Å². The highest BCUT2D eigenvalue weighted by molar-refractivity contribution is 6.27. The van der Waals surface area contributed by atoms with Crippen LogP contribution in [0.3, 0.4) is 0 Å². The summed E-state index contributed by atoms with van der Waals surface area (Å²) in [5.74, 6) is -3.03. The normalized spacial score (nSPS) is 21.0. The van der Waals surface area contributed by atoms with E-state index in [0.717, 1.165) is 51.4 Å². The monoisotopic (exact) mass is 433 g/mol. The van der Waals surface area contributed by atoms with Crippen LogP contribution in [0.1, 0.15) is 17.7 Å². The SMILES string of the molecule is O=C(CCc1ccc[nH]1)N1C[C@@H]2CN(Cc3ccoc3)CCO[C@@H]2C1.O=C(O)C(=O)O. The number of H-pyrrole nitrogens is 1. The molecule has 0 aliphatic carbocycles. The number of aliphatic carboxylic acids is 2. The van der Waals surface area contributed by atoms with Crippen molar-refractivity contribution in [1.29, 1.82) is 0 Å². The van der Waals surface area contributed by atoms with E-state index in [9.17, 15) is 4.79 Å². The Hall–Kier alpha value is -3.11. The molecule has 0 saturated carbocycles. The summed E-state index contributed by atoms with van der Waals surface area (Å²) in [6, 6.07) is 6.00. The second kappa shape index (κ2) is 10.8. The molecule has 10 nitrogen and oxygen atoms in total. The number of carbonyl (C=O) groups is 3. The van der Waals surface area contributed by atoms with Crippen LogP contribution < -0.4 is 0 Å². The first-order chi connectivity index (χ1) is 14.9. The molecule has 1 amide bonds. The average molecular weight is 433 g/mol. The van der Waals surface area contributed by atoms with E-state index in [2.05, 4.69) is 9.88 Å². The van der Waals surface area contributed by atoms with Gasteiger partial charge in [0.25, 0.3) is 0 Å². The van der Waals surface area contributed by atoms with Crippen molar-refractivity contribution in [3.05, 3.63) is 48.2 Å². The summed E-state index contributed by atoms with van der Waals surface area (Å²) in [5.41, 5.74) is 2.31. The molecule has 2 fully saturated rings. The number of hydrogen-bond acceptors (Lipinski definition) is 6. The van der Waals surface area contributed by atoms with E-state index in [-0.39, 0.29) is 12.0 Å². The summed E-state index contributed by atoms with van der Waals surface area (Å²) in [6.45, 7) is 5.03. The Morgan fingerprint density at radius 3 is 2.58 bits per heavy atom. The predicted molar refractivity (Wildman–Crippen MR) is 108 cm³/mol. The molecule has 0 aromatic carbocycles. The molecule has 2 aromatic rings. The Balaban J connectivity index is 0.000000401. The van der Waals surface area contributed by atoms with Crippen molar-refractivity contribution >= 4 is 17.8 Å². The lowest BCUT2D eigenvalue weighted by atomic mass is 10.1. The maximum absolute atomic E-state index is 12.5. The number of aromatic amines is 1. The first-order valence-corrected chi connectivity index (χ1v) is 10.1. The molecule has 2 aliphatic rings. The van der Waals surface area contributed by atoms with Crippen LogP contribution in [-0.4, -0.2) is 81.7 Å². The van der Waals surface area contributed by atoms with Crippen LogP contribution in [0.2, 0.25) is 0 Å². The number of hydrogen-bond donors (Lipinski definition) is 3. The molecule has 2 aliphatic heterocycles. The average Bonchev–Trinajstić information content (AvgIpc) is 3.48. The standard InChI is InChI=1S/C19H25N3O3.C2H2O4/c23-19(4-3-17-2-1-6-20-17)22-12-16-11-21(7-9-25-18(16)13-22)10-15-5-8-24-14-15;3-1(4)2(5)6/h1-2,5-6,8,14,16,18,20H,3-4,7,9-13H2;(H,3,4)(H,5,6)/t16-,18+;/m0./s1. The minimum atomic E-state index is -1.82. The number of carboxylic acids is 2. The third kappa shape index (κ3) is 6.69. The number of carboxylic acid groups (broad SMARTS) is 2. The number of nitrogens with one attached hydrogen (secondary N) is 1. The first kappa shape index (κ1) is 22.6. The molecule has 3 N–H and O–H groups in total. The molecule has 2 saturated heterocycles. The Morgan fingerprint density at radius 2 is 1.94 bits per heavy atom. The van der Waals surface area contributed by atoms with Gasteiger partial charge in [-0.1, -0.05) is 0 Å². The number of aromatic nitrogens is 1. The van der Waals surface area contributed by atoms with E-state index in [1.165, 1.54) is 5.56 Å². The highest BCUT2D eigenvalue weighted by Crippen LogP contribution is 2.25. The Labute approximate surface area is 179 Å². The fourth-order valence-corrected chi connectivity index (χ4v) is 3.87. The van der Waals surface area contributed by atoms with Crippen LogP contribution in [0.4, 0.5) is 0 Å². The van der Waals surface area contributed by atoms with Crippen molar-refractivity contribution in [2.24, 2.45) is 5.92 Å². The van der Waals surface area contributed by atoms with Crippen LogP contribution in [0, 0.1) is 5.92 Å². The summed E-state index contributed by atoms with van der Waals surface area (Å²) >= 11 is 0. The molecule has 31 heavy (non-hydrogen) atoms. The third-order valence-corrected chi connectivity index (χ3v) is 5.41. The number of furan rings is 1. The molecule has 0 radical (unpaired) electrons. The van der Waals surface area contributed by atoms with Gasteiger partial charge in [-0.15, -0.1) is 0 Å². The summed E-state index contributed by atoms with van der Waals surface area (Å²) in [6.07, 6.45) is 6.91. The van der Waals surface area contributed by atoms with E-state index in [0.29, 0.717) is 12.3 Å². The van der Waals surface area contributed by atoms with Gasteiger partial charge in [-0.2, -0.15) is 0 Å². The van der Waals surface area contributed by atoms with E-state index >= 15 is 0 Å². The van der Waals surface area contributed by atoms with Crippen molar-refractivity contribution in [1.82, 2.24) is 14.8 Å². The topological polar surface area (TPSA) is 136 Å². The maximum Gasteiger partial charge on any atom is 0.414 e. The number of fused-ring (bicyclic) bond motifs is 1. The molecule has 0 bridgehead atoms. The van der Waals surface area contributed by atoms with Gasteiger partial charge in [-0.3, -0.25) is 9.69 Å². The van der Waals surface area contributed by atoms with Crippen molar-refractivity contribution < 1.29 is 33.8 Å². The lowest BCUT2D eigenvalue weighted by Crippen LogP contribution is -2.33. The van der Waals surface area contributed by atoms with Crippen molar-refractivity contribution in [3.63, 3.8) is 0 Å². The number of aryl methyl sites for hydroxylation is 1. The fraction of sp³-hybridized carbons (Fsp3) is 0.476. The summed E-state index contributed by atoms with van der Waals surface area (Å²) < 4.78 is 11.2. The smallest absolute Gasteiger partial charge is 0.414 e. The zero-order valence-electron chi connectivity index (χ0n) is 17.1. The number of carbonyl (C=O) groups excluding carboxylic acids is 1. The largest absolute Gasteiger partial charge is 0.473 e. The summed E-state index contributed by atoms with van der Waals surface area (Å²) in [4.78, 5) is 38.3. The quantitative estimate of drug-likeness (QED) is 0.596. The fourth-order valence-electron chi connectivity index (χ4n) is 3.87. The Bertz CT molecular complexity index is 838. The van der Waals surface area contributed by atoms with E-state index in [1.54, 1.807) is 12.5 Å². The number of amides is 1. The number of nitrogens with zero attached hydrogens (tertiary/aromatic N) is 2. The van der Waals surface area contributed by atoms with Gasteiger partial charge in [0.1, 0.15) is 0 Å². The van der Waals surface area contributed by atoms with E-state index in [4.69, 9.17) is 29.0 Å². The number of ether oxygens (including phenoxy) is 1. The van der Waals surface area contributed by atoms with Gasteiger partial charge in [0.2, 0.25) is 5.91 Å². The summed E-state index contributed by atoms with van der Waals surface area (Å²) in [5, 5.41) is 14.8. The van der Waals surface area contributed by atoms with Gasteiger partial charge in [0.15, 0.2) is 0 Å². The predicted octanol–water partition coefficient (Wildman–Crippen LogP) is 1.06. The molecule has 0 unspecified atom stereocenters. The van der Waals surface area contributed by atoms with Gasteiger partial charge >= 0.3 is 11.9 Å². The Kier molecular flexibility index (Phi) is 7.85. The van der Waals surface area contributed by atoms with Crippen LogP contribution in [-0.2, 0) is 32.1 Å². The lowest BCUT2D eigenvalue weighted by Gasteiger charge is -2.22. The minimum absolute atomic E-state index is 0.170. The maximum atomic E-state index is 12.5. The zero-order valence-corrected chi connectivity index (χ0v) is 17.1. The molecule has 10 heteroatoms. The van der Waals surface area contributed by atoms with Crippen LogP contribution in [0.25, 0.3) is 0 Å². The van der Waals surface area contributed by atoms with Gasteiger partial charge in [-0.05, 0) is 24.6 Å². The molecular weight excluding hydrogens is 406 g/mol. The molecule has 4 heterocycles.